The van der Waals surface area contributed by atoms with Crippen LogP contribution in [0, 0.1) is 13.8 Å². The monoisotopic (exact) mass is 389 g/mol. The zero-order valence-corrected chi connectivity index (χ0v) is 16.4. The molecular formula is C22H19N3O2S. The van der Waals surface area contributed by atoms with Crippen LogP contribution in [-0.4, -0.2) is 22.5 Å². The van der Waals surface area contributed by atoms with E-state index in [1.165, 1.54) is 11.3 Å². The number of hydrogen-bond donors (Lipinski definition) is 1. The number of carbonyl (C=O) groups is 1. The maximum Gasteiger partial charge on any atom is 0.262 e. The second-order valence-corrected chi connectivity index (χ2v) is 7.46. The van der Waals surface area contributed by atoms with Crippen molar-refractivity contribution in [3.63, 3.8) is 0 Å². The molecule has 6 heteroatoms. The first-order valence-electron chi connectivity index (χ1n) is 8.91. The van der Waals surface area contributed by atoms with Crippen molar-refractivity contribution in [1.29, 1.82) is 0 Å². The average molecular weight is 389 g/mol. The lowest BCUT2D eigenvalue weighted by atomic mass is 10.1. The molecule has 0 bridgehead atoms. The molecule has 4 rings (SSSR count). The van der Waals surface area contributed by atoms with Gasteiger partial charge in [0, 0.05) is 17.4 Å². The van der Waals surface area contributed by atoms with Crippen molar-refractivity contribution in [3.8, 4) is 16.3 Å². The van der Waals surface area contributed by atoms with E-state index in [-0.39, 0.29) is 12.5 Å². The van der Waals surface area contributed by atoms with Crippen molar-refractivity contribution >= 4 is 33.3 Å². The number of anilines is 1. The number of aryl methyl sites for hydroxylation is 2. The van der Waals surface area contributed by atoms with E-state index in [2.05, 4.69) is 15.3 Å². The van der Waals surface area contributed by atoms with Crippen LogP contribution in [0.1, 0.15) is 11.1 Å². The van der Waals surface area contributed by atoms with Crippen molar-refractivity contribution in [2.24, 2.45) is 0 Å². The molecule has 4 aromatic rings. The Balaban J connectivity index is 1.46. The molecule has 0 spiro atoms. The lowest BCUT2D eigenvalue weighted by Gasteiger charge is -2.12. The van der Waals surface area contributed by atoms with Crippen LogP contribution in [0.4, 0.5) is 5.69 Å². The first-order chi connectivity index (χ1) is 13.6. The molecule has 5 nitrogen and oxygen atoms in total. The third kappa shape index (κ3) is 3.87. The summed E-state index contributed by atoms with van der Waals surface area (Å²) in [5, 5.41) is 3.76. The molecule has 0 aliphatic heterocycles. The summed E-state index contributed by atoms with van der Waals surface area (Å²) >= 11 is 1.53. The van der Waals surface area contributed by atoms with Crippen molar-refractivity contribution in [2.45, 2.75) is 13.8 Å². The third-order valence-corrected chi connectivity index (χ3v) is 5.34. The van der Waals surface area contributed by atoms with E-state index in [4.69, 9.17) is 4.74 Å². The van der Waals surface area contributed by atoms with Crippen LogP contribution in [0.25, 0.3) is 20.9 Å². The van der Waals surface area contributed by atoms with Gasteiger partial charge in [-0.3, -0.25) is 4.79 Å². The number of nitrogens with one attached hydrogen (secondary N) is 1. The van der Waals surface area contributed by atoms with Crippen molar-refractivity contribution in [2.75, 3.05) is 11.9 Å². The Hall–Kier alpha value is -3.25. The largest absolute Gasteiger partial charge is 0.483 e. The number of ether oxygens (including phenoxy) is 1. The van der Waals surface area contributed by atoms with Crippen LogP contribution in [0.3, 0.4) is 0 Å². The fourth-order valence-electron chi connectivity index (χ4n) is 2.98. The fraction of sp³-hybridized carbons (Fsp3) is 0.136. The van der Waals surface area contributed by atoms with E-state index in [0.29, 0.717) is 5.69 Å². The van der Waals surface area contributed by atoms with Crippen LogP contribution in [0.15, 0.2) is 60.8 Å². The van der Waals surface area contributed by atoms with Gasteiger partial charge in [-0.15, -0.1) is 0 Å². The molecule has 1 N–H and O–H groups in total. The Morgan fingerprint density at radius 3 is 2.64 bits per heavy atom. The number of rotatable bonds is 5. The zero-order chi connectivity index (χ0) is 19.5. The van der Waals surface area contributed by atoms with Crippen LogP contribution in [-0.2, 0) is 4.79 Å². The molecule has 2 aromatic heterocycles. The summed E-state index contributed by atoms with van der Waals surface area (Å²) in [6.45, 7) is 3.90. The van der Waals surface area contributed by atoms with Gasteiger partial charge in [0.15, 0.2) is 6.61 Å². The molecule has 2 heterocycles. The second kappa shape index (κ2) is 7.78. The summed E-state index contributed by atoms with van der Waals surface area (Å²) < 4.78 is 5.73. The first kappa shape index (κ1) is 18.1. The number of fused-ring (bicyclic) bond motifs is 1. The molecule has 0 saturated carbocycles. The van der Waals surface area contributed by atoms with Crippen molar-refractivity contribution in [3.05, 3.63) is 71.9 Å². The van der Waals surface area contributed by atoms with E-state index in [1.807, 2.05) is 68.4 Å². The van der Waals surface area contributed by atoms with Crippen LogP contribution in [0.2, 0.25) is 0 Å². The Kier molecular flexibility index (Phi) is 5.04. The summed E-state index contributed by atoms with van der Waals surface area (Å²) in [5.41, 5.74) is 4.55. The predicted octanol–water partition coefficient (Wildman–Crippen LogP) is 4.99. The molecule has 140 valence electrons. The van der Waals surface area contributed by atoms with Gasteiger partial charge in [-0.25, -0.2) is 9.97 Å². The van der Waals surface area contributed by atoms with Crippen LogP contribution >= 0.6 is 11.3 Å². The SMILES string of the molecule is Cc1cccc(C)c1OCC(=O)Nc1cccc(-c2nc3cccnc3s2)c1. The number of hydrogen-bond acceptors (Lipinski definition) is 5. The van der Waals surface area contributed by atoms with Gasteiger partial charge in [-0.1, -0.05) is 41.7 Å². The van der Waals surface area contributed by atoms with Crippen LogP contribution in [0.5, 0.6) is 5.75 Å². The fourth-order valence-corrected chi connectivity index (χ4v) is 3.89. The smallest absolute Gasteiger partial charge is 0.262 e. The number of para-hydroxylation sites is 1. The minimum atomic E-state index is -0.203. The van der Waals surface area contributed by atoms with Gasteiger partial charge >= 0.3 is 0 Å². The van der Waals surface area contributed by atoms with E-state index in [1.54, 1.807) is 6.20 Å². The molecule has 0 aliphatic rings. The van der Waals surface area contributed by atoms with E-state index in [0.717, 1.165) is 37.8 Å². The number of pyridine rings is 1. The first-order valence-corrected chi connectivity index (χ1v) is 9.72. The number of amides is 1. The minimum Gasteiger partial charge on any atom is -0.483 e. The highest BCUT2D eigenvalue weighted by atomic mass is 32.1. The lowest BCUT2D eigenvalue weighted by Crippen LogP contribution is -2.20. The third-order valence-electron chi connectivity index (χ3n) is 4.32. The molecule has 28 heavy (non-hydrogen) atoms. The maximum atomic E-state index is 12.3. The minimum absolute atomic E-state index is 0.0407. The molecule has 2 aromatic carbocycles. The standard InChI is InChI=1S/C22H19N3O2S/c1-14-6-3-7-15(2)20(14)27-13-19(26)24-17-9-4-8-16(12-17)21-25-18-10-5-11-23-22(18)28-21/h3-12H,13H2,1-2H3,(H,24,26). The topological polar surface area (TPSA) is 64.1 Å². The van der Waals surface area contributed by atoms with E-state index >= 15 is 0 Å². The molecule has 0 unspecified atom stereocenters. The van der Waals surface area contributed by atoms with Gasteiger partial charge in [-0.2, -0.15) is 0 Å². The van der Waals surface area contributed by atoms with Gasteiger partial charge in [-0.05, 0) is 49.2 Å². The van der Waals surface area contributed by atoms with Gasteiger partial charge in [0.25, 0.3) is 5.91 Å². The molecule has 1 amide bonds. The highest BCUT2D eigenvalue weighted by molar-refractivity contribution is 7.21. The van der Waals surface area contributed by atoms with E-state index < -0.39 is 0 Å². The highest BCUT2D eigenvalue weighted by Crippen LogP contribution is 2.30. The number of aromatic nitrogens is 2. The summed E-state index contributed by atoms with van der Waals surface area (Å²) in [5.74, 6) is 0.555. The summed E-state index contributed by atoms with van der Waals surface area (Å²) in [4.78, 5) is 22.2. The van der Waals surface area contributed by atoms with Gasteiger partial charge in [0.2, 0.25) is 0 Å². The van der Waals surface area contributed by atoms with Gasteiger partial charge in [0.1, 0.15) is 21.1 Å². The maximum absolute atomic E-state index is 12.3. The van der Waals surface area contributed by atoms with E-state index in [9.17, 15) is 4.79 Å². The number of thiazole rings is 1. The quantitative estimate of drug-likeness (QED) is 0.522. The Morgan fingerprint density at radius 2 is 1.86 bits per heavy atom. The number of nitrogens with zero attached hydrogens (tertiary/aromatic N) is 2. The van der Waals surface area contributed by atoms with Crippen molar-refractivity contribution in [1.82, 2.24) is 9.97 Å². The highest BCUT2D eigenvalue weighted by Gasteiger charge is 2.10. The number of carbonyl (C=O) groups excluding carboxylic acids is 1. The Bertz CT molecular complexity index is 1100. The Labute approximate surface area is 167 Å². The summed E-state index contributed by atoms with van der Waals surface area (Å²) in [7, 11) is 0. The summed E-state index contributed by atoms with van der Waals surface area (Å²) in [6, 6.07) is 17.4. The molecule has 0 atom stereocenters. The molecule has 0 saturated heterocycles. The van der Waals surface area contributed by atoms with Crippen LogP contribution < -0.4 is 10.1 Å². The second-order valence-electron chi connectivity index (χ2n) is 6.49. The normalized spacial score (nSPS) is 10.8. The van der Waals surface area contributed by atoms with Gasteiger partial charge < -0.3 is 10.1 Å². The van der Waals surface area contributed by atoms with Crippen molar-refractivity contribution < 1.29 is 9.53 Å². The average Bonchev–Trinajstić information content (AvgIpc) is 3.12. The molecule has 0 fully saturated rings. The van der Waals surface area contributed by atoms with Gasteiger partial charge in [0.05, 0.1) is 0 Å². The zero-order valence-electron chi connectivity index (χ0n) is 15.6. The Morgan fingerprint density at radius 1 is 1.07 bits per heavy atom. The molecule has 0 radical (unpaired) electrons. The molecule has 0 aliphatic carbocycles. The lowest BCUT2D eigenvalue weighted by molar-refractivity contribution is -0.118. The number of benzene rings is 2. The predicted molar refractivity (Wildman–Crippen MR) is 113 cm³/mol. The molecular weight excluding hydrogens is 370 g/mol. The summed E-state index contributed by atoms with van der Waals surface area (Å²) in [6.07, 6.45) is 1.76.